The van der Waals surface area contributed by atoms with Crippen LogP contribution in [0.5, 0.6) is 0 Å². The van der Waals surface area contributed by atoms with Gasteiger partial charge in [0.15, 0.2) is 15.6 Å². The number of Topliss-reactive ketones (excluding diaryl/α,β-unsaturated/α-hetero) is 1. The third-order valence-electron chi connectivity index (χ3n) is 4.51. The van der Waals surface area contributed by atoms with Gasteiger partial charge in [0.25, 0.3) is 0 Å². The van der Waals surface area contributed by atoms with Crippen molar-refractivity contribution in [2.24, 2.45) is 5.73 Å². The minimum atomic E-state index is -3.73. The first-order chi connectivity index (χ1) is 14.2. The number of sulfone groups is 2. The number of hydrogen-bond donors (Lipinski definition) is 1. The van der Waals surface area contributed by atoms with E-state index in [-0.39, 0.29) is 44.9 Å². The molecule has 0 saturated heterocycles. The third-order valence-corrected chi connectivity index (χ3v) is 9.69. The molecule has 1 aromatic heterocycles. The van der Waals surface area contributed by atoms with E-state index < -0.39 is 19.7 Å². The van der Waals surface area contributed by atoms with E-state index in [0.717, 1.165) is 16.2 Å². The van der Waals surface area contributed by atoms with Crippen LogP contribution in [0.4, 0.5) is 0 Å². The molecule has 2 N–H and O–H groups in total. The number of ketones is 1. The van der Waals surface area contributed by atoms with Gasteiger partial charge in [-0.3, -0.25) is 4.79 Å². The molecule has 1 heterocycles. The Kier molecular flexibility index (Phi) is 6.87. The van der Waals surface area contributed by atoms with Crippen molar-refractivity contribution in [1.82, 2.24) is 0 Å². The van der Waals surface area contributed by atoms with Crippen LogP contribution in [0.25, 0.3) is 0 Å². The van der Waals surface area contributed by atoms with E-state index in [9.17, 15) is 21.6 Å². The minimum Gasteiger partial charge on any atom is -0.326 e. The zero-order chi connectivity index (χ0) is 21.8. The first-order valence-corrected chi connectivity index (χ1v) is 13.1. The lowest BCUT2D eigenvalue weighted by Crippen LogP contribution is -2.09. The van der Waals surface area contributed by atoms with Crippen LogP contribution in [-0.2, 0) is 26.2 Å². The van der Waals surface area contributed by atoms with E-state index in [1.54, 1.807) is 36.4 Å². The summed E-state index contributed by atoms with van der Waals surface area (Å²) in [6, 6.07) is 17.0. The molecule has 0 saturated carbocycles. The van der Waals surface area contributed by atoms with Crippen LogP contribution in [0.3, 0.4) is 0 Å². The molecule has 3 aromatic rings. The molecule has 0 fully saturated rings. The maximum absolute atomic E-state index is 12.7. The van der Waals surface area contributed by atoms with E-state index in [2.05, 4.69) is 0 Å². The fourth-order valence-electron chi connectivity index (χ4n) is 2.86. The highest BCUT2D eigenvalue weighted by molar-refractivity contribution is 7.93. The molecule has 0 aliphatic rings. The Morgan fingerprint density at radius 2 is 1.47 bits per heavy atom. The summed E-state index contributed by atoms with van der Waals surface area (Å²) < 4.78 is 50.6. The fourth-order valence-corrected chi connectivity index (χ4v) is 6.81. The van der Waals surface area contributed by atoms with Gasteiger partial charge in [-0.1, -0.05) is 30.3 Å². The zero-order valence-electron chi connectivity index (χ0n) is 16.0. The maximum Gasteiger partial charge on any atom is 0.215 e. The average Bonchev–Trinajstić information content (AvgIpc) is 3.24. The number of carbonyl (C=O) groups is 1. The number of nitrogens with two attached hydrogens (primary N) is 1. The molecule has 0 atom stereocenters. The summed E-state index contributed by atoms with van der Waals surface area (Å²) >= 11 is 1.09. The van der Waals surface area contributed by atoms with E-state index in [4.69, 9.17) is 5.73 Å². The molecule has 0 aliphatic carbocycles. The van der Waals surface area contributed by atoms with Crippen molar-refractivity contribution in [3.05, 3.63) is 77.2 Å². The Bertz CT molecular complexity index is 1230. The van der Waals surface area contributed by atoms with Gasteiger partial charge >= 0.3 is 0 Å². The lowest BCUT2D eigenvalue weighted by atomic mass is 10.1. The second-order valence-electron chi connectivity index (χ2n) is 6.61. The Morgan fingerprint density at radius 1 is 0.833 bits per heavy atom. The molecule has 3 rings (SSSR count). The molecule has 0 radical (unpaired) electrons. The number of carbonyl (C=O) groups excluding carboxylic acids is 1. The van der Waals surface area contributed by atoms with Crippen molar-refractivity contribution < 1.29 is 21.6 Å². The van der Waals surface area contributed by atoms with Crippen LogP contribution < -0.4 is 5.73 Å². The molecular weight excluding hydrogens is 442 g/mol. The molecular formula is C21H21NO5S3. The Labute approximate surface area is 180 Å². The predicted octanol–water partition coefficient (Wildman–Crippen LogP) is 3.48. The SMILES string of the molecule is NCc1ccc(S(=O)(=O)c2ccc(S(=O)(=O)CCCC(=O)c3ccccc3)cc2)s1. The van der Waals surface area contributed by atoms with Gasteiger partial charge in [-0.2, -0.15) is 0 Å². The quantitative estimate of drug-likeness (QED) is 0.486. The van der Waals surface area contributed by atoms with Gasteiger partial charge in [0.2, 0.25) is 9.84 Å². The lowest BCUT2D eigenvalue weighted by molar-refractivity contribution is 0.0982. The fraction of sp³-hybridized carbons (Fsp3) is 0.190. The first kappa shape index (κ1) is 22.4. The first-order valence-electron chi connectivity index (χ1n) is 9.19. The Morgan fingerprint density at radius 3 is 2.07 bits per heavy atom. The third kappa shape index (κ3) is 5.04. The van der Waals surface area contributed by atoms with Crippen molar-refractivity contribution in [2.75, 3.05) is 5.75 Å². The molecule has 0 amide bonds. The van der Waals surface area contributed by atoms with Crippen molar-refractivity contribution >= 4 is 36.8 Å². The van der Waals surface area contributed by atoms with Crippen LogP contribution in [-0.4, -0.2) is 28.4 Å². The molecule has 2 aromatic carbocycles. The summed E-state index contributed by atoms with van der Waals surface area (Å²) in [5.41, 5.74) is 6.08. The summed E-state index contributed by atoms with van der Waals surface area (Å²) in [6.07, 6.45) is 0.310. The summed E-state index contributed by atoms with van der Waals surface area (Å²) in [7, 11) is -7.35. The highest BCUT2D eigenvalue weighted by Crippen LogP contribution is 2.28. The number of benzene rings is 2. The lowest BCUT2D eigenvalue weighted by Gasteiger charge is -2.07. The van der Waals surface area contributed by atoms with Gasteiger partial charge in [-0.15, -0.1) is 11.3 Å². The largest absolute Gasteiger partial charge is 0.326 e. The minimum absolute atomic E-state index is 0.0196. The van der Waals surface area contributed by atoms with E-state index in [0.29, 0.717) is 5.56 Å². The normalized spacial score (nSPS) is 12.0. The Hall–Kier alpha value is -2.33. The summed E-state index contributed by atoms with van der Waals surface area (Å²) in [5.74, 6) is -0.303. The van der Waals surface area contributed by atoms with E-state index in [1.165, 1.54) is 30.3 Å². The van der Waals surface area contributed by atoms with Gasteiger partial charge in [0, 0.05) is 23.4 Å². The molecule has 0 bridgehead atoms. The predicted molar refractivity (Wildman–Crippen MR) is 116 cm³/mol. The van der Waals surface area contributed by atoms with Crippen molar-refractivity contribution in [1.29, 1.82) is 0 Å². The number of hydrogen-bond acceptors (Lipinski definition) is 7. The van der Waals surface area contributed by atoms with Crippen LogP contribution in [0.1, 0.15) is 28.1 Å². The second kappa shape index (κ2) is 9.22. The maximum atomic E-state index is 12.7. The second-order valence-corrected chi connectivity index (χ2v) is 12.1. The molecule has 9 heteroatoms. The van der Waals surface area contributed by atoms with Gasteiger partial charge in [0.05, 0.1) is 15.5 Å². The van der Waals surface area contributed by atoms with Crippen LogP contribution in [0.2, 0.25) is 0 Å². The molecule has 158 valence electrons. The molecule has 6 nitrogen and oxygen atoms in total. The molecule has 30 heavy (non-hydrogen) atoms. The molecule has 0 spiro atoms. The van der Waals surface area contributed by atoms with Gasteiger partial charge in [-0.25, -0.2) is 16.8 Å². The van der Waals surface area contributed by atoms with Crippen LogP contribution >= 0.6 is 11.3 Å². The smallest absolute Gasteiger partial charge is 0.215 e. The number of thiophene rings is 1. The molecule has 0 unspecified atom stereocenters. The van der Waals surface area contributed by atoms with Crippen molar-refractivity contribution in [3.8, 4) is 0 Å². The van der Waals surface area contributed by atoms with E-state index in [1.807, 2.05) is 0 Å². The monoisotopic (exact) mass is 463 g/mol. The van der Waals surface area contributed by atoms with Crippen molar-refractivity contribution in [2.45, 2.75) is 33.4 Å². The molecule has 0 aliphatic heterocycles. The highest BCUT2D eigenvalue weighted by Gasteiger charge is 2.22. The van der Waals surface area contributed by atoms with Gasteiger partial charge in [-0.05, 0) is 42.8 Å². The van der Waals surface area contributed by atoms with Gasteiger partial charge < -0.3 is 5.73 Å². The summed E-state index contributed by atoms with van der Waals surface area (Å²) in [5, 5.41) is 0. The van der Waals surface area contributed by atoms with Gasteiger partial charge in [0.1, 0.15) is 4.21 Å². The van der Waals surface area contributed by atoms with E-state index >= 15 is 0 Å². The van der Waals surface area contributed by atoms with Crippen LogP contribution in [0, 0.1) is 0 Å². The Balaban J connectivity index is 1.68. The summed E-state index contributed by atoms with van der Waals surface area (Å²) in [6.45, 7) is 0.254. The highest BCUT2D eigenvalue weighted by atomic mass is 32.2. The standard InChI is InChI=1S/C21H21NO5S3/c22-15-17-8-13-21(28-17)30(26,27)19-11-9-18(10-12-19)29(24,25)14-4-7-20(23)16-5-2-1-3-6-16/h1-3,5-6,8-13H,4,7,14-15,22H2. The average molecular weight is 464 g/mol. The van der Waals surface area contributed by atoms with Crippen molar-refractivity contribution in [3.63, 3.8) is 0 Å². The summed E-state index contributed by atoms with van der Waals surface area (Å²) in [4.78, 5) is 12.9. The van der Waals surface area contributed by atoms with Crippen LogP contribution in [0.15, 0.2) is 80.7 Å². The topological polar surface area (TPSA) is 111 Å². The number of rotatable bonds is 9. The zero-order valence-corrected chi connectivity index (χ0v) is 18.5.